The van der Waals surface area contributed by atoms with Gasteiger partial charge in [0.1, 0.15) is 0 Å². The van der Waals surface area contributed by atoms with Gasteiger partial charge in [-0.25, -0.2) is 0 Å². The molecule has 5 heteroatoms. The maximum atomic E-state index is 12.4. The number of hydrogen-bond donors (Lipinski definition) is 0. The summed E-state index contributed by atoms with van der Waals surface area (Å²) < 4.78 is 11.6. The van der Waals surface area contributed by atoms with E-state index in [1.807, 2.05) is 49.4 Å². The van der Waals surface area contributed by atoms with Gasteiger partial charge in [0.15, 0.2) is 11.5 Å². The largest absolute Gasteiger partial charge is 0.493 e. The Morgan fingerprint density at radius 2 is 1.80 bits per heavy atom. The number of nitrogens with zero attached hydrogens (tertiary/aromatic N) is 1. The van der Waals surface area contributed by atoms with Gasteiger partial charge in [-0.05, 0) is 47.9 Å². The van der Waals surface area contributed by atoms with Crippen LogP contribution < -0.4 is 9.47 Å². The second kappa shape index (κ2) is 8.72. The van der Waals surface area contributed by atoms with Crippen LogP contribution in [-0.4, -0.2) is 32.1 Å². The van der Waals surface area contributed by atoms with Crippen LogP contribution in [0.1, 0.15) is 16.7 Å². The minimum absolute atomic E-state index is 0.0649. The Hall–Kier alpha value is -2.27. The molecule has 0 aliphatic heterocycles. The number of ether oxygens (including phenoxy) is 2. The lowest BCUT2D eigenvalue weighted by atomic mass is 10.1. The molecule has 0 aliphatic carbocycles. The highest BCUT2D eigenvalue weighted by Crippen LogP contribution is 2.30. The molecule has 0 fully saturated rings. The summed E-state index contributed by atoms with van der Waals surface area (Å²) in [5, 5.41) is 0. The standard InChI is InChI=1S/C20H22BrNO3/c1-14-11-18(24-3)19(25-4)12-16(14)13-22(2)20(23)10-9-15-7-5-6-8-17(15)21/h5-12H,13H2,1-4H3/b10-9+. The van der Waals surface area contributed by atoms with Crippen LogP contribution in [0.25, 0.3) is 6.08 Å². The highest BCUT2D eigenvalue weighted by molar-refractivity contribution is 9.10. The van der Waals surface area contributed by atoms with E-state index in [2.05, 4.69) is 15.9 Å². The Morgan fingerprint density at radius 1 is 1.16 bits per heavy atom. The van der Waals surface area contributed by atoms with Gasteiger partial charge in [-0.2, -0.15) is 0 Å². The van der Waals surface area contributed by atoms with Gasteiger partial charge in [0.05, 0.1) is 14.2 Å². The van der Waals surface area contributed by atoms with E-state index in [0.29, 0.717) is 18.0 Å². The molecule has 0 saturated heterocycles. The number of aryl methyl sites for hydroxylation is 1. The first kappa shape index (κ1) is 19.1. The number of carbonyl (C=O) groups is 1. The van der Waals surface area contributed by atoms with Crippen molar-refractivity contribution in [2.75, 3.05) is 21.3 Å². The molecule has 132 valence electrons. The average molecular weight is 404 g/mol. The van der Waals surface area contributed by atoms with Gasteiger partial charge in [-0.15, -0.1) is 0 Å². The van der Waals surface area contributed by atoms with Crippen molar-refractivity contribution in [2.45, 2.75) is 13.5 Å². The molecule has 0 radical (unpaired) electrons. The summed E-state index contributed by atoms with van der Waals surface area (Å²) in [4.78, 5) is 14.1. The number of amides is 1. The number of hydrogen-bond acceptors (Lipinski definition) is 3. The molecule has 0 atom stereocenters. The van der Waals surface area contributed by atoms with E-state index >= 15 is 0 Å². The van der Waals surface area contributed by atoms with Crippen LogP contribution in [-0.2, 0) is 11.3 Å². The first-order chi connectivity index (χ1) is 12.0. The van der Waals surface area contributed by atoms with Crippen LogP contribution in [0.5, 0.6) is 11.5 Å². The Bertz CT molecular complexity index is 787. The molecule has 0 bridgehead atoms. The van der Waals surface area contributed by atoms with Gasteiger partial charge in [-0.3, -0.25) is 4.79 Å². The van der Waals surface area contributed by atoms with Gasteiger partial charge in [0.2, 0.25) is 5.91 Å². The first-order valence-electron chi connectivity index (χ1n) is 7.85. The monoisotopic (exact) mass is 403 g/mol. The molecule has 0 aliphatic rings. The third kappa shape index (κ3) is 4.86. The van der Waals surface area contributed by atoms with Crippen molar-refractivity contribution in [3.63, 3.8) is 0 Å². The van der Waals surface area contributed by atoms with Gasteiger partial charge in [-0.1, -0.05) is 34.1 Å². The van der Waals surface area contributed by atoms with E-state index in [1.54, 1.807) is 32.2 Å². The highest BCUT2D eigenvalue weighted by atomic mass is 79.9. The lowest BCUT2D eigenvalue weighted by molar-refractivity contribution is -0.125. The van der Waals surface area contributed by atoms with E-state index in [4.69, 9.17) is 9.47 Å². The first-order valence-corrected chi connectivity index (χ1v) is 8.64. The third-order valence-electron chi connectivity index (χ3n) is 3.94. The zero-order valence-corrected chi connectivity index (χ0v) is 16.5. The Balaban J connectivity index is 2.12. The highest BCUT2D eigenvalue weighted by Gasteiger charge is 2.12. The van der Waals surface area contributed by atoms with Crippen molar-refractivity contribution in [1.82, 2.24) is 4.90 Å². The molecule has 0 unspecified atom stereocenters. The van der Waals surface area contributed by atoms with Crippen LogP contribution in [0.15, 0.2) is 46.9 Å². The number of methoxy groups -OCH3 is 2. The van der Waals surface area contributed by atoms with Gasteiger partial charge >= 0.3 is 0 Å². The van der Waals surface area contributed by atoms with E-state index in [-0.39, 0.29) is 5.91 Å². The molecule has 0 spiro atoms. The maximum absolute atomic E-state index is 12.4. The summed E-state index contributed by atoms with van der Waals surface area (Å²) in [5.41, 5.74) is 3.03. The molecule has 0 aromatic heterocycles. The van der Waals surface area contributed by atoms with Gasteiger partial charge in [0, 0.05) is 24.1 Å². The van der Waals surface area contributed by atoms with Crippen molar-refractivity contribution < 1.29 is 14.3 Å². The topological polar surface area (TPSA) is 38.8 Å². The summed E-state index contributed by atoms with van der Waals surface area (Å²) >= 11 is 3.47. The number of carbonyl (C=O) groups excluding carboxylic acids is 1. The number of halogens is 1. The second-order valence-electron chi connectivity index (χ2n) is 5.68. The quantitative estimate of drug-likeness (QED) is 0.668. The zero-order chi connectivity index (χ0) is 18.4. The summed E-state index contributed by atoms with van der Waals surface area (Å²) in [6, 6.07) is 11.6. The van der Waals surface area contributed by atoms with Crippen molar-refractivity contribution in [3.8, 4) is 11.5 Å². The minimum atomic E-state index is -0.0649. The predicted molar refractivity (Wildman–Crippen MR) is 104 cm³/mol. The summed E-state index contributed by atoms with van der Waals surface area (Å²) in [5.74, 6) is 1.28. The lowest BCUT2D eigenvalue weighted by Crippen LogP contribution is -2.24. The molecule has 4 nitrogen and oxygen atoms in total. The summed E-state index contributed by atoms with van der Waals surface area (Å²) in [6.07, 6.45) is 3.39. The smallest absolute Gasteiger partial charge is 0.246 e. The minimum Gasteiger partial charge on any atom is -0.493 e. The number of benzene rings is 2. The van der Waals surface area contributed by atoms with Crippen LogP contribution >= 0.6 is 15.9 Å². The fraction of sp³-hybridized carbons (Fsp3) is 0.250. The SMILES string of the molecule is COc1cc(C)c(CN(C)C(=O)/C=C/c2ccccc2Br)cc1OC. The average Bonchev–Trinajstić information content (AvgIpc) is 2.61. The summed E-state index contributed by atoms with van der Waals surface area (Å²) in [6.45, 7) is 2.48. The van der Waals surface area contributed by atoms with Crippen molar-refractivity contribution >= 4 is 27.9 Å². The normalized spacial score (nSPS) is 10.8. The maximum Gasteiger partial charge on any atom is 0.246 e. The van der Waals surface area contributed by atoms with E-state index < -0.39 is 0 Å². The second-order valence-corrected chi connectivity index (χ2v) is 6.54. The van der Waals surface area contributed by atoms with Crippen LogP contribution in [0.2, 0.25) is 0 Å². The van der Waals surface area contributed by atoms with Crippen LogP contribution in [0.4, 0.5) is 0 Å². The van der Waals surface area contributed by atoms with Crippen LogP contribution in [0.3, 0.4) is 0 Å². The molecule has 2 rings (SSSR count). The Morgan fingerprint density at radius 3 is 2.44 bits per heavy atom. The number of rotatable bonds is 6. The number of likely N-dealkylation sites (N-methyl/N-ethyl adjacent to an activating group) is 1. The van der Waals surface area contributed by atoms with Gasteiger partial charge < -0.3 is 14.4 Å². The molecule has 0 N–H and O–H groups in total. The Kier molecular flexibility index (Phi) is 6.65. The van der Waals surface area contributed by atoms with Crippen molar-refractivity contribution in [1.29, 1.82) is 0 Å². The predicted octanol–water partition coefficient (Wildman–Crippen LogP) is 4.45. The Labute approximate surface area is 157 Å². The van der Waals surface area contributed by atoms with Crippen molar-refractivity contribution in [3.05, 3.63) is 63.6 Å². The molecule has 2 aromatic carbocycles. The third-order valence-corrected chi connectivity index (χ3v) is 4.66. The van der Waals surface area contributed by atoms with Crippen LogP contribution in [0, 0.1) is 6.92 Å². The van der Waals surface area contributed by atoms with E-state index in [0.717, 1.165) is 21.2 Å². The molecule has 0 saturated carbocycles. The fourth-order valence-electron chi connectivity index (χ4n) is 2.43. The summed E-state index contributed by atoms with van der Waals surface area (Å²) in [7, 11) is 4.99. The molecule has 25 heavy (non-hydrogen) atoms. The zero-order valence-electron chi connectivity index (χ0n) is 14.9. The van der Waals surface area contributed by atoms with Gasteiger partial charge in [0.25, 0.3) is 0 Å². The molecular formula is C20H22BrNO3. The van der Waals surface area contributed by atoms with Crippen molar-refractivity contribution in [2.24, 2.45) is 0 Å². The van der Waals surface area contributed by atoms with E-state index in [1.165, 1.54) is 0 Å². The van der Waals surface area contributed by atoms with E-state index in [9.17, 15) is 4.79 Å². The molecular weight excluding hydrogens is 382 g/mol. The molecule has 0 heterocycles. The molecule has 1 amide bonds. The molecule has 2 aromatic rings. The fourth-order valence-corrected chi connectivity index (χ4v) is 2.84. The lowest BCUT2D eigenvalue weighted by Gasteiger charge is -2.18.